The van der Waals surface area contributed by atoms with Gasteiger partial charge in [-0.1, -0.05) is 0 Å². The number of thiophene rings is 1. The number of esters is 1. The zero-order valence-electron chi connectivity index (χ0n) is 11.7. The third-order valence-electron chi connectivity index (χ3n) is 2.90. The Morgan fingerprint density at radius 2 is 2.15 bits per heavy atom. The maximum Gasteiger partial charge on any atom is 0.348 e. The van der Waals surface area contributed by atoms with E-state index >= 15 is 0 Å². The highest BCUT2D eigenvalue weighted by molar-refractivity contribution is 7.20. The molecule has 0 saturated heterocycles. The molecule has 3 rings (SSSR count). The Labute approximate surface area is 119 Å². The number of hydrogen-bond donors (Lipinski definition) is 0. The van der Waals surface area contributed by atoms with E-state index < -0.39 is 0 Å². The first-order chi connectivity index (χ1) is 9.47. The number of rotatable bonds is 2. The molecule has 0 aliphatic carbocycles. The van der Waals surface area contributed by atoms with Crippen LogP contribution in [0.25, 0.3) is 15.9 Å². The van der Waals surface area contributed by atoms with Crippen molar-refractivity contribution >= 4 is 33.2 Å². The average molecular weight is 290 g/mol. The highest BCUT2D eigenvalue weighted by Crippen LogP contribution is 2.32. The molecule has 0 unspecified atom stereocenters. The number of carbonyl (C=O) groups excluding carboxylic acids is 1. The fourth-order valence-electron chi connectivity index (χ4n) is 2.10. The second-order valence-electron chi connectivity index (χ2n) is 4.86. The van der Waals surface area contributed by atoms with Gasteiger partial charge in [0, 0.05) is 0 Å². The van der Waals surface area contributed by atoms with Gasteiger partial charge in [-0.15, -0.1) is 11.3 Å². The van der Waals surface area contributed by atoms with Crippen molar-refractivity contribution in [3.63, 3.8) is 0 Å². The van der Waals surface area contributed by atoms with E-state index in [-0.39, 0.29) is 12.1 Å². The fraction of sp³-hybridized carbons (Fsp3) is 0.385. The monoisotopic (exact) mass is 290 g/mol. The van der Waals surface area contributed by atoms with Crippen molar-refractivity contribution in [2.75, 3.05) is 0 Å². The third-order valence-corrected chi connectivity index (χ3v) is 4.08. The van der Waals surface area contributed by atoms with Crippen LogP contribution in [0.15, 0.2) is 6.33 Å². The Morgan fingerprint density at radius 3 is 2.85 bits per heavy atom. The lowest BCUT2D eigenvalue weighted by Gasteiger charge is -2.06. The van der Waals surface area contributed by atoms with Crippen molar-refractivity contribution < 1.29 is 9.53 Å². The smallest absolute Gasteiger partial charge is 0.348 e. The van der Waals surface area contributed by atoms with Crippen LogP contribution in [-0.4, -0.2) is 31.7 Å². The Balaban J connectivity index is 2.24. The Hall–Kier alpha value is -2.02. The van der Waals surface area contributed by atoms with Gasteiger partial charge in [0.2, 0.25) is 0 Å². The number of carbonyl (C=O) groups is 1. The zero-order valence-corrected chi connectivity index (χ0v) is 12.5. The van der Waals surface area contributed by atoms with E-state index in [9.17, 15) is 4.79 Å². The van der Waals surface area contributed by atoms with Gasteiger partial charge in [0.05, 0.1) is 11.5 Å². The van der Waals surface area contributed by atoms with Crippen LogP contribution in [0.3, 0.4) is 0 Å². The molecule has 3 heterocycles. The minimum Gasteiger partial charge on any atom is -0.459 e. The summed E-state index contributed by atoms with van der Waals surface area (Å²) in [4.78, 5) is 22.2. The van der Waals surface area contributed by atoms with Gasteiger partial charge >= 0.3 is 5.97 Å². The molecule has 0 atom stereocenters. The summed E-state index contributed by atoms with van der Waals surface area (Å²) in [6.07, 6.45) is 1.47. The summed E-state index contributed by atoms with van der Waals surface area (Å²) < 4.78 is 6.90. The van der Waals surface area contributed by atoms with Gasteiger partial charge in [-0.2, -0.15) is 5.10 Å². The van der Waals surface area contributed by atoms with Crippen LogP contribution in [0.4, 0.5) is 0 Å². The molecular weight excluding hydrogens is 276 g/mol. The van der Waals surface area contributed by atoms with Crippen LogP contribution in [0.2, 0.25) is 0 Å². The molecule has 7 heteroatoms. The van der Waals surface area contributed by atoms with Gasteiger partial charge in [-0.25, -0.2) is 19.3 Å². The number of nitrogens with zero attached hydrogens (tertiary/aromatic N) is 4. The minimum atomic E-state index is -0.310. The summed E-state index contributed by atoms with van der Waals surface area (Å²) in [7, 11) is 0. The second-order valence-corrected chi connectivity index (χ2v) is 5.86. The summed E-state index contributed by atoms with van der Waals surface area (Å²) in [5, 5.41) is 5.11. The van der Waals surface area contributed by atoms with Crippen molar-refractivity contribution in [1.82, 2.24) is 19.6 Å². The molecule has 0 amide bonds. The molecule has 0 fully saturated rings. The van der Waals surface area contributed by atoms with Gasteiger partial charge in [-0.05, 0) is 33.3 Å². The lowest BCUT2D eigenvalue weighted by Crippen LogP contribution is -2.11. The van der Waals surface area contributed by atoms with Gasteiger partial charge in [0.25, 0.3) is 0 Å². The molecule has 20 heavy (non-hydrogen) atoms. The predicted molar refractivity (Wildman–Crippen MR) is 76.2 cm³/mol. The van der Waals surface area contributed by atoms with Crippen LogP contribution >= 0.6 is 11.3 Å². The van der Waals surface area contributed by atoms with Crippen molar-refractivity contribution in [1.29, 1.82) is 0 Å². The van der Waals surface area contributed by atoms with Crippen molar-refractivity contribution in [2.45, 2.75) is 33.8 Å². The van der Waals surface area contributed by atoms with Crippen molar-refractivity contribution in [2.24, 2.45) is 0 Å². The molecule has 0 bridgehead atoms. The molecule has 3 aromatic rings. The SMILES string of the molecule is Cc1nc2c3c(C)c(C(=O)OC(C)C)sc3ncn2n1. The summed E-state index contributed by atoms with van der Waals surface area (Å²) >= 11 is 1.33. The van der Waals surface area contributed by atoms with E-state index in [1.807, 2.05) is 27.7 Å². The van der Waals surface area contributed by atoms with Gasteiger partial charge in [0.1, 0.15) is 21.9 Å². The highest BCUT2D eigenvalue weighted by atomic mass is 32.1. The lowest BCUT2D eigenvalue weighted by molar-refractivity contribution is 0.0383. The first kappa shape index (κ1) is 13.0. The molecule has 0 aliphatic rings. The summed E-state index contributed by atoms with van der Waals surface area (Å²) in [6, 6.07) is 0. The van der Waals surface area contributed by atoms with Crippen LogP contribution < -0.4 is 0 Å². The molecule has 0 aliphatic heterocycles. The standard InChI is InChI=1S/C13H14N4O2S/c1-6(2)19-13(18)10-7(3)9-11-15-8(4)16-17(11)5-14-12(9)20-10/h5-6H,1-4H3. The van der Waals surface area contributed by atoms with E-state index in [4.69, 9.17) is 4.74 Å². The van der Waals surface area contributed by atoms with E-state index in [0.717, 1.165) is 21.4 Å². The highest BCUT2D eigenvalue weighted by Gasteiger charge is 2.21. The van der Waals surface area contributed by atoms with Crippen LogP contribution in [0.5, 0.6) is 0 Å². The van der Waals surface area contributed by atoms with Crippen LogP contribution in [-0.2, 0) is 4.74 Å². The Morgan fingerprint density at radius 1 is 1.40 bits per heavy atom. The maximum atomic E-state index is 12.1. The summed E-state index contributed by atoms with van der Waals surface area (Å²) in [6.45, 7) is 7.38. The largest absolute Gasteiger partial charge is 0.459 e. The minimum absolute atomic E-state index is 0.143. The van der Waals surface area contributed by atoms with E-state index in [1.54, 1.807) is 10.8 Å². The van der Waals surface area contributed by atoms with Gasteiger partial charge in [0.15, 0.2) is 5.65 Å². The molecule has 3 aromatic heterocycles. The third kappa shape index (κ3) is 1.94. The van der Waals surface area contributed by atoms with E-state index in [0.29, 0.717) is 10.7 Å². The van der Waals surface area contributed by atoms with Crippen molar-refractivity contribution in [3.8, 4) is 0 Å². The number of aromatic nitrogens is 4. The first-order valence-corrected chi connectivity index (χ1v) is 7.11. The molecule has 6 nitrogen and oxygen atoms in total. The predicted octanol–water partition coefficient (Wildman–Crippen LogP) is 2.52. The molecule has 0 spiro atoms. The van der Waals surface area contributed by atoms with Crippen LogP contribution in [0, 0.1) is 13.8 Å². The fourth-order valence-corrected chi connectivity index (χ4v) is 3.13. The van der Waals surface area contributed by atoms with E-state index in [2.05, 4.69) is 15.1 Å². The molecule has 0 saturated carbocycles. The Kier molecular flexibility index (Phi) is 2.93. The lowest BCUT2D eigenvalue weighted by atomic mass is 10.2. The zero-order chi connectivity index (χ0) is 14.4. The number of ether oxygens (including phenoxy) is 1. The molecular formula is C13H14N4O2S. The molecule has 104 valence electrons. The number of aryl methyl sites for hydroxylation is 2. The normalized spacial score (nSPS) is 11.7. The quantitative estimate of drug-likeness (QED) is 0.678. The Bertz CT molecular complexity index is 819. The average Bonchev–Trinajstić information content (AvgIpc) is 2.88. The van der Waals surface area contributed by atoms with Crippen LogP contribution in [0.1, 0.15) is 34.9 Å². The van der Waals surface area contributed by atoms with E-state index in [1.165, 1.54) is 11.3 Å². The summed E-state index contributed by atoms with van der Waals surface area (Å²) in [5.74, 6) is 0.367. The maximum absolute atomic E-state index is 12.1. The molecule has 0 N–H and O–H groups in total. The molecule has 0 radical (unpaired) electrons. The van der Waals surface area contributed by atoms with Crippen molar-refractivity contribution in [3.05, 3.63) is 22.6 Å². The number of fused-ring (bicyclic) bond motifs is 3. The first-order valence-electron chi connectivity index (χ1n) is 6.29. The van der Waals surface area contributed by atoms with Gasteiger partial charge < -0.3 is 4.74 Å². The second kappa shape index (κ2) is 4.52. The summed E-state index contributed by atoms with van der Waals surface area (Å²) in [5.41, 5.74) is 1.57. The number of hydrogen-bond acceptors (Lipinski definition) is 6. The van der Waals surface area contributed by atoms with Gasteiger partial charge in [-0.3, -0.25) is 0 Å². The topological polar surface area (TPSA) is 69.4 Å². The molecule has 0 aromatic carbocycles.